The summed E-state index contributed by atoms with van der Waals surface area (Å²) < 4.78 is 45.1. The van der Waals surface area contributed by atoms with Crippen LogP contribution < -0.4 is 18.9 Å². The summed E-state index contributed by atoms with van der Waals surface area (Å²) in [5, 5.41) is 0.340. The number of nitrogens with one attached hydrogen (secondary N) is 1. The lowest BCUT2D eigenvalue weighted by Gasteiger charge is -2.14. The van der Waals surface area contributed by atoms with Crippen molar-refractivity contribution >= 4 is 49.3 Å². The number of benzene rings is 2. The van der Waals surface area contributed by atoms with Crippen molar-refractivity contribution in [3.8, 4) is 17.4 Å². The highest BCUT2D eigenvalue weighted by Gasteiger charge is 2.23. The van der Waals surface area contributed by atoms with E-state index in [1.54, 1.807) is 49.9 Å². The van der Waals surface area contributed by atoms with E-state index in [2.05, 4.69) is 19.7 Å². The number of hydrogen-bond donors (Lipinski definition) is 1. The number of methoxy groups -OCH3 is 2. The van der Waals surface area contributed by atoms with E-state index in [0.29, 0.717) is 32.6 Å². The summed E-state index contributed by atoms with van der Waals surface area (Å²) >= 11 is 7.35. The molecule has 0 radical (unpaired) electrons. The van der Waals surface area contributed by atoms with Crippen molar-refractivity contribution in [1.29, 1.82) is 0 Å². The number of fused-ring (bicyclic) bond motifs is 1. The normalized spacial score (nSPS) is 11.4. The Hall–Kier alpha value is -3.15. The Labute approximate surface area is 199 Å². The van der Waals surface area contributed by atoms with Crippen molar-refractivity contribution < 1.29 is 22.6 Å². The fourth-order valence-corrected chi connectivity index (χ4v) is 5.13. The largest absolute Gasteiger partial charge is 0.493 e. The molecule has 0 bridgehead atoms. The van der Waals surface area contributed by atoms with Gasteiger partial charge in [0.25, 0.3) is 15.9 Å². The molecule has 172 valence electrons. The van der Waals surface area contributed by atoms with Gasteiger partial charge in [-0.15, -0.1) is 11.3 Å². The van der Waals surface area contributed by atoms with Gasteiger partial charge in [0.15, 0.2) is 22.0 Å². The summed E-state index contributed by atoms with van der Waals surface area (Å²) in [6.45, 7) is 1.71. The molecular formula is C21H19ClN4O5S2. The van der Waals surface area contributed by atoms with Gasteiger partial charge in [0.05, 0.1) is 24.6 Å². The fraction of sp³-hybridized carbons (Fsp3) is 0.190. The van der Waals surface area contributed by atoms with Gasteiger partial charge in [-0.05, 0) is 42.3 Å². The first-order chi connectivity index (χ1) is 15.8. The molecule has 4 aromatic rings. The topological polar surface area (TPSA) is 113 Å². The van der Waals surface area contributed by atoms with Gasteiger partial charge in [0.2, 0.25) is 5.82 Å². The third kappa shape index (κ3) is 4.80. The first-order valence-corrected chi connectivity index (χ1v) is 12.3. The molecule has 0 fully saturated rings. The molecule has 0 aliphatic rings. The fourth-order valence-electron chi connectivity index (χ4n) is 3.04. The molecule has 2 aromatic carbocycles. The Bertz CT molecular complexity index is 1430. The van der Waals surface area contributed by atoms with Gasteiger partial charge in [-0.2, -0.15) is 4.98 Å². The van der Waals surface area contributed by atoms with E-state index in [4.69, 9.17) is 25.8 Å². The SMILES string of the molecule is COc1ccc(COc2nc3ncsc3nc2NS(=O)(=O)c2cccc(Cl)c2C)cc1OC. The minimum Gasteiger partial charge on any atom is -0.493 e. The molecule has 33 heavy (non-hydrogen) atoms. The number of aromatic nitrogens is 3. The summed E-state index contributed by atoms with van der Waals surface area (Å²) in [5.41, 5.74) is 3.10. The van der Waals surface area contributed by atoms with Crippen LogP contribution in [0.25, 0.3) is 10.5 Å². The smallest absolute Gasteiger partial charge is 0.263 e. The second-order valence-corrected chi connectivity index (χ2v) is 9.70. The maximum atomic E-state index is 13.1. The Morgan fingerprint density at radius 1 is 1.09 bits per heavy atom. The van der Waals surface area contributed by atoms with Crippen LogP contribution in [0.1, 0.15) is 11.1 Å². The lowest BCUT2D eigenvalue weighted by atomic mass is 10.2. The van der Waals surface area contributed by atoms with Gasteiger partial charge in [-0.1, -0.05) is 23.7 Å². The van der Waals surface area contributed by atoms with Crippen molar-refractivity contribution in [2.75, 3.05) is 18.9 Å². The van der Waals surface area contributed by atoms with E-state index < -0.39 is 10.0 Å². The zero-order chi connectivity index (χ0) is 23.6. The van der Waals surface area contributed by atoms with Crippen LogP contribution in [0.4, 0.5) is 5.82 Å². The molecule has 1 N–H and O–H groups in total. The lowest BCUT2D eigenvalue weighted by molar-refractivity contribution is 0.294. The first kappa shape index (κ1) is 23.0. The summed E-state index contributed by atoms with van der Waals surface area (Å²) in [5.74, 6) is 1.06. The molecule has 0 aliphatic heterocycles. The molecule has 2 aromatic heterocycles. The molecule has 2 heterocycles. The molecule has 0 saturated carbocycles. The molecule has 0 aliphatic carbocycles. The number of anilines is 1. The molecule has 0 atom stereocenters. The van der Waals surface area contributed by atoms with Gasteiger partial charge in [-0.3, -0.25) is 4.72 Å². The predicted octanol–water partition coefficient (Wildman–Crippen LogP) is 4.45. The number of ether oxygens (including phenoxy) is 3. The summed E-state index contributed by atoms with van der Waals surface area (Å²) in [4.78, 5) is 13.4. The molecule has 0 spiro atoms. The Kier molecular flexibility index (Phi) is 6.54. The van der Waals surface area contributed by atoms with E-state index in [9.17, 15) is 8.42 Å². The van der Waals surface area contributed by atoms with Crippen LogP contribution in [0.2, 0.25) is 5.02 Å². The van der Waals surface area contributed by atoms with Crippen molar-refractivity contribution in [2.45, 2.75) is 18.4 Å². The third-order valence-electron chi connectivity index (χ3n) is 4.72. The average molecular weight is 507 g/mol. The Balaban J connectivity index is 1.67. The molecule has 0 amide bonds. The van der Waals surface area contributed by atoms with Gasteiger partial charge < -0.3 is 14.2 Å². The molecule has 0 saturated heterocycles. The maximum absolute atomic E-state index is 13.1. The molecule has 0 unspecified atom stereocenters. The number of sulfonamides is 1. The highest BCUT2D eigenvalue weighted by molar-refractivity contribution is 7.92. The standard InChI is InChI=1S/C21H19ClN4O5S2/c1-12-14(22)5-4-6-17(12)33(27,28)26-18-20(24-19-21(25-18)32-11-23-19)31-10-13-7-8-15(29-2)16(9-13)30-3/h4-9,11H,10H2,1-3H3,(H,25,26). The van der Waals surface area contributed by atoms with Crippen LogP contribution in [-0.2, 0) is 16.6 Å². The van der Waals surface area contributed by atoms with Crippen LogP contribution in [0.15, 0.2) is 46.8 Å². The molecule has 12 heteroatoms. The molecule has 4 rings (SSSR count). The number of halogens is 1. The van der Waals surface area contributed by atoms with Gasteiger partial charge in [-0.25, -0.2) is 18.4 Å². The van der Waals surface area contributed by atoms with E-state index >= 15 is 0 Å². The summed E-state index contributed by atoms with van der Waals surface area (Å²) in [6, 6.07) is 9.96. The maximum Gasteiger partial charge on any atom is 0.263 e. The second kappa shape index (κ2) is 9.38. The Morgan fingerprint density at radius 3 is 2.64 bits per heavy atom. The monoisotopic (exact) mass is 506 g/mol. The van der Waals surface area contributed by atoms with Crippen molar-refractivity contribution in [2.24, 2.45) is 0 Å². The van der Waals surface area contributed by atoms with Gasteiger partial charge >= 0.3 is 0 Å². The first-order valence-electron chi connectivity index (χ1n) is 9.55. The van der Waals surface area contributed by atoms with Gasteiger partial charge in [0, 0.05) is 5.02 Å². The van der Waals surface area contributed by atoms with E-state index in [0.717, 1.165) is 5.56 Å². The number of rotatable bonds is 8. The van der Waals surface area contributed by atoms with Crippen LogP contribution in [0, 0.1) is 6.92 Å². The van der Waals surface area contributed by atoms with E-state index in [-0.39, 0.29) is 23.2 Å². The quantitative estimate of drug-likeness (QED) is 0.373. The van der Waals surface area contributed by atoms with Crippen molar-refractivity contribution in [3.05, 3.63) is 58.1 Å². The zero-order valence-corrected chi connectivity index (χ0v) is 20.2. The van der Waals surface area contributed by atoms with Crippen molar-refractivity contribution in [3.63, 3.8) is 0 Å². The van der Waals surface area contributed by atoms with Crippen LogP contribution in [0.5, 0.6) is 17.4 Å². The second-order valence-electron chi connectivity index (χ2n) is 6.80. The van der Waals surface area contributed by atoms with Crippen LogP contribution in [0.3, 0.4) is 0 Å². The van der Waals surface area contributed by atoms with Crippen LogP contribution >= 0.6 is 22.9 Å². The number of nitrogens with zero attached hydrogens (tertiary/aromatic N) is 3. The highest BCUT2D eigenvalue weighted by Crippen LogP contribution is 2.31. The highest BCUT2D eigenvalue weighted by atomic mass is 35.5. The Morgan fingerprint density at radius 2 is 1.88 bits per heavy atom. The summed E-state index contributed by atoms with van der Waals surface area (Å²) in [6.07, 6.45) is 0. The molecular weight excluding hydrogens is 488 g/mol. The van der Waals surface area contributed by atoms with E-state index in [1.807, 2.05) is 0 Å². The predicted molar refractivity (Wildman–Crippen MR) is 126 cm³/mol. The minimum absolute atomic E-state index is 0.00792. The summed E-state index contributed by atoms with van der Waals surface area (Å²) in [7, 11) is -0.928. The number of thiazole rings is 1. The zero-order valence-electron chi connectivity index (χ0n) is 17.8. The lowest BCUT2D eigenvalue weighted by Crippen LogP contribution is -2.17. The number of hydrogen-bond acceptors (Lipinski definition) is 9. The minimum atomic E-state index is -4.01. The molecule has 9 nitrogen and oxygen atoms in total. The van der Waals surface area contributed by atoms with Gasteiger partial charge in [0.1, 0.15) is 6.61 Å². The van der Waals surface area contributed by atoms with E-state index in [1.165, 1.54) is 24.5 Å². The van der Waals surface area contributed by atoms with Crippen molar-refractivity contribution in [1.82, 2.24) is 15.0 Å². The average Bonchev–Trinajstić information content (AvgIpc) is 3.25. The third-order valence-corrected chi connectivity index (χ3v) is 7.32. The van der Waals surface area contributed by atoms with Crippen LogP contribution in [-0.4, -0.2) is 37.6 Å².